The van der Waals surface area contributed by atoms with Crippen molar-refractivity contribution in [2.45, 2.75) is 0 Å². The normalized spacial score (nSPS) is 15.0. The van der Waals surface area contributed by atoms with Crippen molar-refractivity contribution in [1.29, 1.82) is 0 Å². The van der Waals surface area contributed by atoms with Gasteiger partial charge in [0.2, 0.25) is 0 Å². The van der Waals surface area contributed by atoms with Gasteiger partial charge in [0.1, 0.15) is 5.76 Å². The minimum Gasteiger partial charge on any atom is -0.497 e. The molecule has 1 rings (SSSR count). The van der Waals surface area contributed by atoms with Crippen molar-refractivity contribution in [3.63, 3.8) is 0 Å². The van der Waals surface area contributed by atoms with E-state index in [0.29, 0.717) is 0 Å². The maximum absolute atomic E-state index is 4.95. The molecular weight excluding hydrogens is 112 g/mol. The Morgan fingerprint density at radius 1 is 1.44 bits per heavy atom. The first-order chi connectivity index (χ1) is 4.43. The average Bonchev–Trinajstić information content (AvgIpc) is 2.13. The average molecular weight is 120 g/mol. The van der Waals surface area contributed by atoms with Crippen LogP contribution in [0.5, 0.6) is 0 Å². The van der Waals surface area contributed by atoms with Crippen molar-refractivity contribution >= 4 is 0 Å². The fourth-order valence-corrected chi connectivity index (χ4v) is 0.576. The van der Waals surface area contributed by atoms with E-state index < -0.39 is 0 Å². The Bertz CT molecular complexity index is 203. The zero-order valence-corrected chi connectivity index (χ0v) is 5.29. The predicted molar refractivity (Wildman–Crippen MR) is 36.9 cm³/mol. The molecule has 0 heterocycles. The third kappa shape index (κ3) is 1.63. The zero-order chi connectivity index (χ0) is 6.53. The van der Waals surface area contributed by atoms with Crippen LogP contribution in [-0.2, 0) is 4.74 Å². The number of methoxy groups -OCH3 is 1. The number of rotatable bonds is 1. The van der Waals surface area contributed by atoms with Gasteiger partial charge in [0.25, 0.3) is 0 Å². The van der Waals surface area contributed by atoms with Crippen LogP contribution in [0.4, 0.5) is 0 Å². The monoisotopic (exact) mass is 120 g/mol. The highest BCUT2D eigenvalue weighted by molar-refractivity contribution is 5.24. The summed E-state index contributed by atoms with van der Waals surface area (Å²) in [5.74, 6) is 0.858. The molecule has 0 amide bonds. The molecule has 0 radical (unpaired) electrons. The molecule has 0 spiro atoms. The molecule has 0 saturated heterocycles. The molecule has 0 saturated carbocycles. The van der Waals surface area contributed by atoms with Crippen LogP contribution in [0.15, 0.2) is 41.9 Å². The van der Waals surface area contributed by atoms with Gasteiger partial charge in [-0.2, -0.15) is 0 Å². The highest BCUT2D eigenvalue weighted by Gasteiger charge is 1.84. The second kappa shape index (κ2) is 2.95. The van der Waals surface area contributed by atoms with Gasteiger partial charge in [0.05, 0.1) is 7.11 Å². The van der Waals surface area contributed by atoms with Crippen LogP contribution in [0.3, 0.4) is 0 Å². The Morgan fingerprint density at radius 3 is 3.11 bits per heavy atom. The third-order valence-electron chi connectivity index (χ3n) is 1.03. The Kier molecular flexibility index (Phi) is 1.95. The smallest absolute Gasteiger partial charge is 0.119 e. The van der Waals surface area contributed by atoms with Crippen LogP contribution in [0.25, 0.3) is 0 Å². The minimum absolute atomic E-state index is 0.858. The molecule has 0 unspecified atom stereocenters. The van der Waals surface area contributed by atoms with Gasteiger partial charge in [0.15, 0.2) is 0 Å². The topological polar surface area (TPSA) is 9.23 Å². The van der Waals surface area contributed by atoms with Crippen molar-refractivity contribution in [3.05, 3.63) is 41.9 Å². The Hall–Kier alpha value is -1.20. The van der Waals surface area contributed by atoms with Crippen molar-refractivity contribution in [2.75, 3.05) is 7.11 Å². The first kappa shape index (κ1) is 5.93. The van der Waals surface area contributed by atoms with E-state index in [1.165, 1.54) is 0 Å². The predicted octanol–water partition coefficient (Wildman–Crippen LogP) is 1.80. The molecule has 1 heteroatoms. The van der Waals surface area contributed by atoms with Gasteiger partial charge in [-0.25, -0.2) is 0 Å². The molecule has 0 bridgehead atoms. The van der Waals surface area contributed by atoms with Gasteiger partial charge in [-0.05, 0) is 24.3 Å². The maximum atomic E-state index is 4.95. The van der Waals surface area contributed by atoms with E-state index >= 15 is 0 Å². The molecule has 1 nitrogen and oxygen atoms in total. The highest BCUT2D eigenvalue weighted by atomic mass is 16.5. The van der Waals surface area contributed by atoms with Gasteiger partial charge in [0, 0.05) is 0 Å². The summed E-state index contributed by atoms with van der Waals surface area (Å²) in [6, 6.07) is 0. The quantitative estimate of drug-likeness (QED) is 0.479. The molecule has 1 aliphatic carbocycles. The number of hydrogen-bond acceptors (Lipinski definition) is 1. The fourth-order valence-electron chi connectivity index (χ4n) is 0.576. The number of ether oxygens (including phenoxy) is 1. The summed E-state index contributed by atoms with van der Waals surface area (Å²) in [4.78, 5) is 0. The lowest BCUT2D eigenvalue weighted by Gasteiger charge is -1.94. The lowest BCUT2D eigenvalue weighted by molar-refractivity contribution is 0.307. The second-order valence-corrected chi connectivity index (χ2v) is 1.63. The van der Waals surface area contributed by atoms with E-state index in [1.54, 1.807) is 7.11 Å². The van der Waals surface area contributed by atoms with Crippen molar-refractivity contribution in [2.24, 2.45) is 0 Å². The van der Waals surface area contributed by atoms with Crippen LogP contribution in [0, 0.1) is 0 Å². The van der Waals surface area contributed by atoms with E-state index in [0.717, 1.165) is 5.76 Å². The van der Waals surface area contributed by atoms with E-state index in [-0.39, 0.29) is 0 Å². The lowest BCUT2D eigenvalue weighted by Crippen LogP contribution is -1.77. The zero-order valence-electron chi connectivity index (χ0n) is 5.29. The molecule has 0 aliphatic heterocycles. The SMILES string of the molecule is COC1=CC=C=CC=C1. The second-order valence-electron chi connectivity index (χ2n) is 1.63. The van der Waals surface area contributed by atoms with Gasteiger partial charge in [-0.1, -0.05) is 6.08 Å². The van der Waals surface area contributed by atoms with Gasteiger partial charge in [-0.3, -0.25) is 0 Å². The van der Waals surface area contributed by atoms with Crippen LogP contribution >= 0.6 is 0 Å². The molecule has 46 valence electrons. The van der Waals surface area contributed by atoms with E-state index in [1.807, 2.05) is 30.4 Å². The summed E-state index contributed by atoms with van der Waals surface area (Å²) in [5.41, 5.74) is 2.92. The Balaban J connectivity index is 2.78. The number of hydrogen-bond donors (Lipinski definition) is 0. The van der Waals surface area contributed by atoms with Crippen LogP contribution < -0.4 is 0 Å². The Morgan fingerprint density at radius 2 is 2.33 bits per heavy atom. The molecule has 0 N–H and O–H groups in total. The molecule has 0 aromatic rings. The molecule has 0 aromatic carbocycles. The van der Waals surface area contributed by atoms with E-state index in [4.69, 9.17) is 4.74 Å². The van der Waals surface area contributed by atoms with Crippen molar-refractivity contribution in [3.8, 4) is 0 Å². The fraction of sp³-hybridized carbons (Fsp3) is 0.125. The van der Waals surface area contributed by atoms with Crippen LogP contribution in [-0.4, -0.2) is 7.11 Å². The molecule has 0 fully saturated rings. The first-order valence-electron chi connectivity index (χ1n) is 2.77. The highest BCUT2D eigenvalue weighted by Crippen LogP contribution is 1.99. The first-order valence-corrected chi connectivity index (χ1v) is 2.77. The molecular formula is C8H8O. The standard InChI is InChI=1S/C8H8O/c1-9-8-6-4-2-3-5-7-8/h2,4-7H,1H3. The molecule has 0 atom stereocenters. The van der Waals surface area contributed by atoms with Crippen LogP contribution in [0.2, 0.25) is 0 Å². The van der Waals surface area contributed by atoms with Gasteiger partial charge >= 0.3 is 0 Å². The summed E-state index contributed by atoms with van der Waals surface area (Å²) in [6.45, 7) is 0. The van der Waals surface area contributed by atoms with Crippen molar-refractivity contribution < 1.29 is 4.74 Å². The summed E-state index contributed by atoms with van der Waals surface area (Å²) >= 11 is 0. The third-order valence-corrected chi connectivity index (χ3v) is 1.03. The Labute approximate surface area is 54.6 Å². The summed E-state index contributed by atoms with van der Waals surface area (Å²) in [6.07, 6.45) is 9.29. The van der Waals surface area contributed by atoms with Crippen molar-refractivity contribution in [1.82, 2.24) is 0 Å². The molecule has 1 aliphatic rings. The molecule has 0 aromatic heterocycles. The van der Waals surface area contributed by atoms with Gasteiger partial charge < -0.3 is 4.74 Å². The van der Waals surface area contributed by atoms with E-state index in [9.17, 15) is 0 Å². The van der Waals surface area contributed by atoms with Crippen LogP contribution in [0.1, 0.15) is 0 Å². The van der Waals surface area contributed by atoms with Gasteiger partial charge in [-0.15, -0.1) is 5.73 Å². The minimum atomic E-state index is 0.858. The summed E-state index contributed by atoms with van der Waals surface area (Å²) in [5, 5.41) is 0. The largest absolute Gasteiger partial charge is 0.497 e. The van der Waals surface area contributed by atoms with E-state index in [2.05, 4.69) is 5.73 Å². The summed E-state index contributed by atoms with van der Waals surface area (Å²) < 4.78 is 4.95. The summed E-state index contributed by atoms with van der Waals surface area (Å²) in [7, 11) is 1.65. The molecule has 9 heavy (non-hydrogen) atoms. The number of allylic oxidation sites excluding steroid dienone is 4. The maximum Gasteiger partial charge on any atom is 0.119 e. The lowest BCUT2D eigenvalue weighted by atomic mass is 10.4.